The predicted molar refractivity (Wildman–Crippen MR) is 123 cm³/mol. The predicted octanol–water partition coefficient (Wildman–Crippen LogP) is 6.47. The molecule has 0 radical (unpaired) electrons. The van der Waals surface area contributed by atoms with Crippen LogP contribution in [0, 0.1) is 0 Å². The number of thiazole rings is 1. The maximum Gasteiger partial charge on any atom is 0.257 e. The van der Waals surface area contributed by atoms with Crippen molar-refractivity contribution in [3.8, 4) is 17.0 Å². The molecule has 0 saturated carbocycles. The number of amides is 1. The second kappa shape index (κ2) is 8.98. The molecule has 0 spiro atoms. The molecule has 0 fully saturated rings. The number of aromatic nitrogens is 1. The zero-order chi connectivity index (χ0) is 20.9. The number of methoxy groups -OCH3 is 1. The molecule has 30 heavy (non-hydrogen) atoms. The fraction of sp³-hybridized carbons (Fsp3) is 0.0435. The minimum Gasteiger partial charge on any atom is -0.495 e. The Morgan fingerprint density at radius 2 is 1.83 bits per heavy atom. The molecule has 0 bridgehead atoms. The monoisotopic (exact) mass is 435 g/mol. The molecular weight excluding hydrogens is 418 g/mol. The molecule has 0 aliphatic rings. The van der Waals surface area contributed by atoms with Crippen LogP contribution < -0.4 is 15.4 Å². The van der Waals surface area contributed by atoms with E-state index < -0.39 is 0 Å². The largest absolute Gasteiger partial charge is 0.495 e. The van der Waals surface area contributed by atoms with Gasteiger partial charge in [-0.3, -0.25) is 4.79 Å². The molecule has 7 heteroatoms. The smallest absolute Gasteiger partial charge is 0.257 e. The lowest BCUT2D eigenvalue weighted by molar-refractivity contribution is 0.102. The Balaban J connectivity index is 1.52. The number of rotatable bonds is 6. The van der Waals surface area contributed by atoms with Gasteiger partial charge in [0.05, 0.1) is 29.1 Å². The third-order valence-corrected chi connectivity index (χ3v) is 5.47. The Morgan fingerprint density at radius 1 is 1.03 bits per heavy atom. The van der Waals surface area contributed by atoms with Crippen molar-refractivity contribution in [3.63, 3.8) is 0 Å². The number of carbonyl (C=O) groups excluding carboxylic acids is 1. The highest BCUT2D eigenvalue weighted by Gasteiger charge is 2.12. The maximum absolute atomic E-state index is 12.5. The highest BCUT2D eigenvalue weighted by atomic mass is 35.5. The second-order valence-corrected chi connectivity index (χ2v) is 7.64. The van der Waals surface area contributed by atoms with Crippen LogP contribution in [-0.2, 0) is 0 Å². The summed E-state index contributed by atoms with van der Waals surface area (Å²) in [5.41, 5.74) is 3.66. The van der Waals surface area contributed by atoms with Crippen LogP contribution >= 0.6 is 22.9 Å². The van der Waals surface area contributed by atoms with Gasteiger partial charge in [0.25, 0.3) is 5.91 Å². The molecular formula is C23H18ClN3O2S. The summed E-state index contributed by atoms with van der Waals surface area (Å²) in [4.78, 5) is 17.2. The Labute approximate surface area is 183 Å². The molecule has 1 amide bonds. The van der Waals surface area contributed by atoms with Gasteiger partial charge in [0.15, 0.2) is 5.13 Å². The molecule has 0 aliphatic heterocycles. The molecule has 1 heterocycles. The van der Waals surface area contributed by atoms with E-state index in [0.29, 0.717) is 16.3 Å². The zero-order valence-electron chi connectivity index (χ0n) is 16.1. The van der Waals surface area contributed by atoms with Crippen molar-refractivity contribution in [2.24, 2.45) is 0 Å². The molecule has 0 atom stereocenters. The van der Waals surface area contributed by atoms with Crippen molar-refractivity contribution in [3.05, 3.63) is 88.8 Å². The van der Waals surface area contributed by atoms with E-state index in [-0.39, 0.29) is 5.91 Å². The quantitative estimate of drug-likeness (QED) is 0.364. The van der Waals surface area contributed by atoms with Crippen LogP contribution in [0.2, 0.25) is 5.02 Å². The van der Waals surface area contributed by atoms with Gasteiger partial charge in [-0.1, -0.05) is 48.0 Å². The fourth-order valence-corrected chi connectivity index (χ4v) is 3.88. The van der Waals surface area contributed by atoms with Crippen molar-refractivity contribution >= 4 is 45.4 Å². The van der Waals surface area contributed by atoms with E-state index in [1.165, 1.54) is 11.3 Å². The number of nitrogens with zero attached hydrogens (tertiary/aromatic N) is 1. The van der Waals surface area contributed by atoms with E-state index in [0.717, 1.165) is 27.8 Å². The minimum atomic E-state index is -0.255. The number of anilines is 3. The summed E-state index contributed by atoms with van der Waals surface area (Å²) in [7, 11) is 1.64. The molecule has 150 valence electrons. The molecule has 5 nitrogen and oxygen atoms in total. The first-order chi connectivity index (χ1) is 14.6. The Morgan fingerprint density at radius 3 is 2.67 bits per heavy atom. The maximum atomic E-state index is 12.5. The van der Waals surface area contributed by atoms with Crippen LogP contribution in [-0.4, -0.2) is 18.0 Å². The highest BCUT2D eigenvalue weighted by Crippen LogP contribution is 2.32. The summed E-state index contributed by atoms with van der Waals surface area (Å²) in [5, 5.41) is 9.31. The van der Waals surface area contributed by atoms with E-state index in [1.54, 1.807) is 31.4 Å². The number of para-hydroxylation sites is 2. The van der Waals surface area contributed by atoms with E-state index in [1.807, 2.05) is 53.9 Å². The summed E-state index contributed by atoms with van der Waals surface area (Å²) in [6.07, 6.45) is 0. The first kappa shape index (κ1) is 19.9. The van der Waals surface area contributed by atoms with Gasteiger partial charge < -0.3 is 15.4 Å². The van der Waals surface area contributed by atoms with Crippen LogP contribution in [0.1, 0.15) is 10.4 Å². The average molecular weight is 436 g/mol. The van der Waals surface area contributed by atoms with Crippen molar-refractivity contribution < 1.29 is 9.53 Å². The van der Waals surface area contributed by atoms with Gasteiger partial charge in [-0.05, 0) is 36.4 Å². The lowest BCUT2D eigenvalue weighted by Crippen LogP contribution is -2.12. The van der Waals surface area contributed by atoms with Crippen LogP contribution in [0.15, 0.2) is 78.2 Å². The van der Waals surface area contributed by atoms with E-state index in [2.05, 4.69) is 15.6 Å². The van der Waals surface area contributed by atoms with E-state index >= 15 is 0 Å². The molecule has 0 unspecified atom stereocenters. The molecule has 4 rings (SSSR count). The average Bonchev–Trinajstić information content (AvgIpc) is 3.23. The lowest BCUT2D eigenvalue weighted by Gasteiger charge is -2.08. The van der Waals surface area contributed by atoms with Gasteiger partial charge in [-0.25, -0.2) is 4.98 Å². The van der Waals surface area contributed by atoms with Gasteiger partial charge in [0.1, 0.15) is 5.75 Å². The second-order valence-electron chi connectivity index (χ2n) is 6.38. The van der Waals surface area contributed by atoms with Crippen LogP contribution in [0.3, 0.4) is 0 Å². The first-order valence-electron chi connectivity index (χ1n) is 9.16. The molecule has 0 aliphatic carbocycles. The first-order valence-corrected chi connectivity index (χ1v) is 10.4. The Hall–Kier alpha value is -3.35. The SMILES string of the molecule is COc1ccccc1Nc1nc(-c2cccc(NC(=O)c3ccccc3Cl)c2)cs1. The van der Waals surface area contributed by atoms with Crippen LogP contribution in [0.25, 0.3) is 11.3 Å². The Kier molecular flexibility index (Phi) is 5.97. The Bertz CT molecular complexity index is 1190. The van der Waals surface area contributed by atoms with Gasteiger partial charge in [-0.2, -0.15) is 0 Å². The van der Waals surface area contributed by atoms with Gasteiger partial charge in [0, 0.05) is 16.6 Å². The van der Waals surface area contributed by atoms with Crippen LogP contribution in [0.5, 0.6) is 5.75 Å². The number of benzene rings is 3. The molecule has 2 N–H and O–H groups in total. The summed E-state index contributed by atoms with van der Waals surface area (Å²) >= 11 is 7.61. The normalized spacial score (nSPS) is 10.5. The molecule has 0 saturated heterocycles. The lowest BCUT2D eigenvalue weighted by atomic mass is 10.1. The number of carbonyl (C=O) groups is 1. The number of hydrogen-bond donors (Lipinski definition) is 2. The summed E-state index contributed by atoms with van der Waals surface area (Å²) in [5.74, 6) is 0.494. The standard InChI is InChI=1S/C23H18ClN3O2S/c1-29-21-12-5-4-11-19(21)26-23-27-20(14-30-23)15-7-6-8-16(13-15)25-22(28)17-9-2-3-10-18(17)24/h2-14H,1H3,(H,25,28)(H,26,27). The highest BCUT2D eigenvalue weighted by molar-refractivity contribution is 7.14. The van der Waals surface area contributed by atoms with E-state index in [4.69, 9.17) is 16.3 Å². The third-order valence-electron chi connectivity index (χ3n) is 4.39. The molecule has 1 aromatic heterocycles. The number of ether oxygens (including phenoxy) is 1. The van der Waals surface area contributed by atoms with Crippen LogP contribution in [0.4, 0.5) is 16.5 Å². The van der Waals surface area contributed by atoms with Crippen molar-refractivity contribution in [1.82, 2.24) is 4.98 Å². The minimum absolute atomic E-state index is 0.255. The van der Waals surface area contributed by atoms with Crippen molar-refractivity contribution in [2.45, 2.75) is 0 Å². The topological polar surface area (TPSA) is 63.2 Å². The third kappa shape index (κ3) is 4.45. The fourth-order valence-electron chi connectivity index (χ4n) is 2.93. The number of halogens is 1. The van der Waals surface area contributed by atoms with Gasteiger partial charge in [0.2, 0.25) is 0 Å². The summed E-state index contributed by atoms with van der Waals surface area (Å²) in [6, 6.07) is 22.2. The molecule has 3 aromatic carbocycles. The van der Waals surface area contributed by atoms with Crippen molar-refractivity contribution in [1.29, 1.82) is 0 Å². The zero-order valence-corrected chi connectivity index (χ0v) is 17.6. The van der Waals surface area contributed by atoms with E-state index in [9.17, 15) is 4.79 Å². The molecule has 4 aromatic rings. The van der Waals surface area contributed by atoms with Gasteiger partial charge >= 0.3 is 0 Å². The van der Waals surface area contributed by atoms with Gasteiger partial charge in [-0.15, -0.1) is 11.3 Å². The van der Waals surface area contributed by atoms with Crippen molar-refractivity contribution in [2.75, 3.05) is 17.7 Å². The summed E-state index contributed by atoms with van der Waals surface area (Å²) < 4.78 is 5.37. The summed E-state index contributed by atoms with van der Waals surface area (Å²) in [6.45, 7) is 0. The number of nitrogens with one attached hydrogen (secondary N) is 2. The number of hydrogen-bond acceptors (Lipinski definition) is 5.